The first-order valence-electron chi connectivity index (χ1n) is 6.36. The number of urea groups is 1. The number of aliphatic carboxylic acids is 1. The van der Waals surface area contributed by atoms with Gasteiger partial charge in [-0.25, -0.2) is 9.59 Å². The average molecular weight is 242 g/mol. The highest BCUT2D eigenvalue weighted by Crippen LogP contribution is 2.27. The minimum absolute atomic E-state index is 0.256. The average Bonchev–Trinajstić information content (AvgIpc) is 2.23. The number of hydrogen-bond donors (Lipinski definition) is 2. The van der Waals surface area contributed by atoms with Crippen LogP contribution < -0.4 is 5.32 Å². The zero-order chi connectivity index (χ0) is 12.8. The molecule has 0 bridgehead atoms. The molecule has 98 valence electrons. The predicted octanol–water partition coefficient (Wildman–Crippen LogP) is 1.68. The summed E-state index contributed by atoms with van der Waals surface area (Å²) in [5.74, 6) is -0.369. The lowest BCUT2D eigenvalue weighted by Gasteiger charge is -2.32. The minimum Gasteiger partial charge on any atom is -0.480 e. The van der Waals surface area contributed by atoms with Gasteiger partial charge in [0.2, 0.25) is 0 Å². The van der Waals surface area contributed by atoms with Crippen LogP contribution in [0.15, 0.2) is 0 Å². The van der Waals surface area contributed by atoms with Gasteiger partial charge >= 0.3 is 12.0 Å². The van der Waals surface area contributed by atoms with E-state index in [1.165, 1.54) is 19.3 Å². The topological polar surface area (TPSA) is 69.6 Å². The third kappa shape index (κ3) is 3.91. The Morgan fingerprint density at radius 2 is 2.06 bits per heavy atom. The SMILES string of the molecule is CCC(NC(=O)N(CC)CC1CCC1)C(=O)O. The van der Waals surface area contributed by atoms with Gasteiger partial charge in [0.15, 0.2) is 0 Å². The maximum Gasteiger partial charge on any atom is 0.326 e. The fourth-order valence-electron chi connectivity index (χ4n) is 1.92. The maximum absolute atomic E-state index is 11.9. The Hall–Kier alpha value is -1.26. The molecule has 0 radical (unpaired) electrons. The Labute approximate surface area is 102 Å². The van der Waals surface area contributed by atoms with Crippen molar-refractivity contribution in [3.63, 3.8) is 0 Å². The third-order valence-electron chi connectivity index (χ3n) is 3.38. The molecule has 1 aliphatic rings. The van der Waals surface area contributed by atoms with Crippen LogP contribution in [-0.2, 0) is 4.79 Å². The van der Waals surface area contributed by atoms with Crippen LogP contribution in [0.2, 0.25) is 0 Å². The molecular weight excluding hydrogens is 220 g/mol. The molecule has 0 aromatic carbocycles. The normalized spacial score (nSPS) is 17.1. The summed E-state index contributed by atoms with van der Waals surface area (Å²) in [5.41, 5.74) is 0. The molecule has 17 heavy (non-hydrogen) atoms. The molecule has 0 saturated heterocycles. The van der Waals surface area contributed by atoms with Gasteiger partial charge in [-0.1, -0.05) is 13.3 Å². The van der Waals surface area contributed by atoms with Crippen molar-refractivity contribution in [3.8, 4) is 0 Å². The molecule has 1 atom stereocenters. The van der Waals surface area contributed by atoms with Gasteiger partial charge < -0.3 is 15.3 Å². The standard InChI is InChI=1S/C12H22N2O3/c1-3-10(11(15)16)13-12(17)14(4-2)8-9-6-5-7-9/h9-10H,3-8H2,1-2H3,(H,13,17)(H,15,16). The van der Waals surface area contributed by atoms with E-state index in [0.717, 1.165) is 6.54 Å². The largest absolute Gasteiger partial charge is 0.480 e. The number of hydrogen-bond acceptors (Lipinski definition) is 2. The fourth-order valence-corrected chi connectivity index (χ4v) is 1.92. The predicted molar refractivity (Wildman–Crippen MR) is 64.8 cm³/mol. The van der Waals surface area contributed by atoms with E-state index in [2.05, 4.69) is 5.32 Å². The lowest BCUT2D eigenvalue weighted by Crippen LogP contribution is -2.49. The smallest absolute Gasteiger partial charge is 0.326 e. The van der Waals surface area contributed by atoms with Crippen LogP contribution in [0.3, 0.4) is 0 Å². The molecule has 1 saturated carbocycles. The number of carboxylic acids is 1. The van der Waals surface area contributed by atoms with Crippen LogP contribution in [0.1, 0.15) is 39.5 Å². The molecule has 2 N–H and O–H groups in total. The molecule has 5 heteroatoms. The summed E-state index contributed by atoms with van der Waals surface area (Å²) in [5, 5.41) is 11.4. The molecule has 2 amide bonds. The number of carboxylic acid groups (broad SMARTS) is 1. The van der Waals surface area contributed by atoms with E-state index in [4.69, 9.17) is 5.11 Å². The fraction of sp³-hybridized carbons (Fsp3) is 0.833. The minimum atomic E-state index is -0.972. The van der Waals surface area contributed by atoms with Crippen molar-refractivity contribution < 1.29 is 14.7 Å². The first-order valence-corrected chi connectivity index (χ1v) is 6.36. The van der Waals surface area contributed by atoms with E-state index in [0.29, 0.717) is 18.9 Å². The van der Waals surface area contributed by atoms with Crippen molar-refractivity contribution in [2.24, 2.45) is 5.92 Å². The summed E-state index contributed by atoms with van der Waals surface area (Å²) in [7, 11) is 0. The highest BCUT2D eigenvalue weighted by Gasteiger charge is 2.25. The van der Waals surface area contributed by atoms with E-state index in [1.54, 1.807) is 11.8 Å². The zero-order valence-corrected chi connectivity index (χ0v) is 10.6. The first kappa shape index (κ1) is 13.8. The Balaban J connectivity index is 2.44. The van der Waals surface area contributed by atoms with Gasteiger partial charge in [0.05, 0.1) is 0 Å². The van der Waals surface area contributed by atoms with Gasteiger partial charge in [-0.2, -0.15) is 0 Å². The van der Waals surface area contributed by atoms with E-state index in [-0.39, 0.29) is 6.03 Å². The number of carbonyl (C=O) groups excluding carboxylic acids is 1. The molecule has 0 aliphatic heterocycles. The van der Waals surface area contributed by atoms with E-state index < -0.39 is 12.0 Å². The van der Waals surface area contributed by atoms with E-state index in [1.807, 2.05) is 6.92 Å². The molecule has 1 rings (SSSR count). The number of carbonyl (C=O) groups is 2. The lowest BCUT2D eigenvalue weighted by molar-refractivity contribution is -0.139. The van der Waals surface area contributed by atoms with Gasteiger partial charge in [-0.15, -0.1) is 0 Å². The Morgan fingerprint density at radius 3 is 2.41 bits per heavy atom. The quantitative estimate of drug-likeness (QED) is 0.744. The molecule has 0 aromatic rings. The summed E-state index contributed by atoms with van der Waals surface area (Å²) in [6.07, 6.45) is 4.01. The Kier molecular flexibility index (Phi) is 5.25. The second-order valence-corrected chi connectivity index (χ2v) is 4.58. The summed E-state index contributed by atoms with van der Waals surface area (Å²) in [6.45, 7) is 5.04. The van der Waals surface area contributed by atoms with Gasteiger partial charge in [0.1, 0.15) is 6.04 Å². The van der Waals surface area contributed by atoms with Gasteiger partial charge in [-0.05, 0) is 32.1 Å². The first-order chi connectivity index (χ1) is 8.08. The number of rotatable bonds is 6. The van der Waals surface area contributed by atoms with E-state index >= 15 is 0 Å². The summed E-state index contributed by atoms with van der Waals surface area (Å²) < 4.78 is 0. The molecule has 1 fully saturated rings. The van der Waals surface area contributed by atoms with Crippen LogP contribution in [0.5, 0.6) is 0 Å². The van der Waals surface area contributed by atoms with Crippen LogP contribution >= 0.6 is 0 Å². The van der Waals surface area contributed by atoms with Gasteiger partial charge in [0.25, 0.3) is 0 Å². The highest BCUT2D eigenvalue weighted by atomic mass is 16.4. The van der Waals surface area contributed by atoms with Crippen molar-refractivity contribution in [1.82, 2.24) is 10.2 Å². The van der Waals surface area contributed by atoms with Crippen molar-refractivity contribution in [1.29, 1.82) is 0 Å². The molecule has 0 spiro atoms. The Morgan fingerprint density at radius 1 is 1.41 bits per heavy atom. The number of nitrogens with one attached hydrogen (secondary N) is 1. The molecule has 0 heterocycles. The van der Waals surface area contributed by atoms with E-state index in [9.17, 15) is 9.59 Å². The molecule has 5 nitrogen and oxygen atoms in total. The van der Waals surface area contributed by atoms with Crippen LogP contribution in [-0.4, -0.2) is 41.1 Å². The summed E-state index contributed by atoms with van der Waals surface area (Å²) in [6, 6.07) is -1.04. The molecule has 1 aliphatic carbocycles. The van der Waals surface area contributed by atoms with Crippen LogP contribution in [0.25, 0.3) is 0 Å². The molecular formula is C12H22N2O3. The van der Waals surface area contributed by atoms with Crippen molar-refractivity contribution in [2.75, 3.05) is 13.1 Å². The maximum atomic E-state index is 11.9. The van der Waals surface area contributed by atoms with Crippen LogP contribution in [0, 0.1) is 5.92 Å². The molecule has 0 aromatic heterocycles. The summed E-state index contributed by atoms with van der Waals surface area (Å²) >= 11 is 0. The van der Waals surface area contributed by atoms with Gasteiger partial charge in [0, 0.05) is 13.1 Å². The van der Waals surface area contributed by atoms with Crippen molar-refractivity contribution >= 4 is 12.0 Å². The number of nitrogens with zero attached hydrogens (tertiary/aromatic N) is 1. The summed E-state index contributed by atoms with van der Waals surface area (Å²) in [4.78, 5) is 24.4. The molecule has 1 unspecified atom stereocenters. The monoisotopic (exact) mass is 242 g/mol. The van der Waals surface area contributed by atoms with Crippen LogP contribution in [0.4, 0.5) is 4.79 Å². The zero-order valence-electron chi connectivity index (χ0n) is 10.6. The van der Waals surface area contributed by atoms with Crippen molar-refractivity contribution in [3.05, 3.63) is 0 Å². The third-order valence-corrected chi connectivity index (χ3v) is 3.38. The number of amides is 2. The second-order valence-electron chi connectivity index (χ2n) is 4.58. The highest BCUT2D eigenvalue weighted by molar-refractivity contribution is 5.82. The lowest BCUT2D eigenvalue weighted by atomic mass is 9.85. The van der Waals surface area contributed by atoms with Gasteiger partial charge in [-0.3, -0.25) is 0 Å². The Bertz CT molecular complexity index is 277. The second kappa shape index (κ2) is 6.47. The van der Waals surface area contributed by atoms with Crippen molar-refractivity contribution in [2.45, 2.75) is 45.6 Å².